The molecular formula is C8H13BrN4O2S. The van der Waals surface area contributed by atoms with E-state index in [2.05, 4.69) is 26.2 Å². The van der Waals surface area contributed by atoms with Gasteiger partial charge in [-0.3, -0.25) is 0 Å². The molecule has 1 aromatic rings. The highest BCUT2D eigenvalue weighted by molar-refractivity contribution is 9.10. The van der Waals surface area contributed by atoms with Crippen molar-refractivity contribution in [1.29, 1.82) is 0 Å². The van der Waals surface area contributed by atoms with Crippen molar-refractivity contribution in [2.45, 2.75) is 30.3 Å². The maximum atomic E-state index is 12.3. The maximum Gasteiger partial charge on any atom is 0.263 e. The highest BCUT2D eigenvalue weighted by atomic mass is 79.9. The number of sulfonamides is 1. The smallest absolute Gasteiger partial charge is 0.235 e. The van der Waals surface area contributed by atoms with Crippen molar-refractivity contribution in [3.05, 3.63) is 4.60 Å². The lowest BCUT2D eigenvalue weighted by atomic mass is 9.94. The summed E-state index contributed by atoms with van der Waals surface area (Å²) in [6.45, 7) is 0. The third-order valence-corrected chi connectivity index (χ3v) is 5.75. The zero-order chi connectivity index (χ0) is 11.9. The molecule has 1 aromatic heterocycles. The first-order valence-electron chi connectivity index (χ1n) is 4.98. The Bertz CT molecular complexity index is 475. The number of rotatable bonds is 3. The first-order valence-corrected chi connectivity index (χ1v) is 7.21. The van der Waals surface area contributed by atoms with Crippen LogP contribution in [0, 0.1) is 0 Å². The third kappa shape index (κ3) is 1.78. The molecule has 0 aliphatic heterocycles. The van der Waals surface area contributed by atoms with Crippen molar-refractivity contribution in [3.63, 3.8) is 0 Å². The van der Waals surface area contributed by atoms with E-state index in [0.29, 0.717) is 0 Å². The number of nitrogens with zero attached hydrogens (tertiary/aromatic N) is 4. The van der Waals surface area contributed by atoms with Crippen molar-refractivity contribution < 1.29 is 8.42 Å². The van der Waals surface area contributed by atoms with Crippen LogP contribution in [0.2, 0.25) is 0 Å². The quantitative estimate of drug-likeness (QED) is 0.826. The lowest BCUT2D eigenvalue weighted by Gasteiger charge is -2.33. The number of halogens is 1. The Kier molecular flexibility index (Phi) is 3.06. The van der Waals surface area contributed by atoms with Crippen LogP contribution >= 0.6 is 15.9 Å². The molecule has 0 aromatic carbocycles. The molecule has 0 N–H and O–H groups in total. The fourth-order valence-electron chi connectivity index (χ4n) is 1.68. The van der Waals surface area contributed by atoms with Gasteiger partial charge >= 0.3 is 0 Å². The Morgan fingerprint density at radius 3 is 2.50 bits per heavy atom. The van der Waals surface area contributed by atoms with Gasteiger partial charge in [-0.25, -0.2) is 13.1 Å². The molecule has 0 spiro atoms. The van der Waals surface area contributed by atoms with Crippen LogP contribution in [0.25, 0.3) is 0 Å². The predicted molar refractivity (Wildman–Crippen MR) is 61.3 cm³/mol. The Morgan fingerprint density at radius 1 is 1.50 bits per heavy atom. The molecule has 2 rings (SSSR count). The number of aromatic nitrogens is 3. The fourth-order valence-corrected chi connectivity index (χ4v) is 4.12. The molecule has 1 aliphatic rings. The van der Waals surface area contributed by atoms with Gasteiger partial charge in [-0.1, -0.05) is 11.6 Å². The highest BCUT2D eigenvalue weighted by Crippen LogP contribution is 2.30. The lowest BCUT2D eigenvalue weighted by molar-refractivity contribution is 0.248. The van der Waals surface area contributed by atoms with Gasteiger partial charge in [-0.2, -0.15) is 4.31 Å². The summed E-state index contributed by atoms with van der Waals surface area (Å²) in [5.74, 6) is 0. The average Bonchev–Trinajstić information content (AvgIpc) is 2.43. The Morgan fingerprint density at radius 2 is 2.12 bits per heavy atom. The Labute approximate surface area is 103 Å². The molecule has 90 valence electrons. The molecule has 0 unspecified atom stereocenters. The monoisotopic (exact) mass is 308 g/mol. The van der Waals surface area contributed by atoms with Gasteiger partial charge in [0, 0.05) is 20.1 Å². The van der Waals surface area contributed by atoms with Crippen LogP contribution in [0.4, 0.5) is 0 Å². The van der Waals surface area contributed by atoms with Crippen LogP contribution in [0.3, 0.4) is 0 Å². The van der Waals surface area contributed by atoms with E-state index in [1.54, 1.807) is 14.1 Å². The highest BCUT2D eigenvalue weighted by Gasteiger charge is 2.35. The molecule has 16 heavy (non-hydrogen) atoms. The van der Waals surface area contributed by atoms with Crippen LogP contribution in [0.1, 0.15) is 19.3 Å². The molecule has 6 nitrogen and oxygen atoms in total. The molecule has 0 amide bonds. The minimum Gasteiger partial charge on any atom is -0.235 e. The number of hydrogen-bond donors (Lipinski definition) is 0. The van der Waals surface area contributed by atoms with E-state index in [1.165, 1.54) is 8.99 Å². The van der Waals surface area contributed by atoms with Gasteiger partial charge in [0.25, 0.3) is 10.0 Å². The first kappa shape index (κ1) is 12.0. The standard InChI is InChI=1S/C8H13BrN4O2S/c1-12-8(7(9)10-11-12)16(14,15)13(2)6-4-3-5-6/h6H,3-5H2,1-2H3. The maximum absolute atomic E-state index is 12.3. The Balaban J connectivity index is 2.38. The van der Waals surface area contributed by atoms with E-state index in [0.717, 1.165) is 19.3 Å². The van der Waals surface area contributed by atoms with Crippen LogP contribution in [0.15, 0.2) is 9.63 Å². The second-order valence-electron chi connectivity index (χ2n) is 3.91. The Hall–Kier alpha value is -0.470. The van der Waals surface area contributed by atoms with Gasteiger partial charge in [0.1, 0.15) is 0 Å². The predicted octanol–water partition coefficient (Wildman–Crippen LogP) is 0.751. The van der Waals surface area contributed by atoms with E-state index >= 15 is 0 Å². The van der Waals surface area contributed by atoms with Crippen molar-refractivity contribution in [3.8, 4) is 0 Å². The number of aryl methyl sites for hydroxylation is 1. The minimum atomic E-state index is -3.49. The van der Waals surface area contributed by atoms with Crippen LogP contribution in [-0.4, -0.2) is 40.8 Å². The van der Waals surface area contributed by atoms with Crippen LogP contribution < -0.4 is 0 Å². The molecule has 0 atom stereocenters. The van der Waals surface area contributed by atoms with Crippen molar-refractivity contribution >= 4 is 26.0 Å². The minimum absolute atomic E-state index is 0.113. The van der Waals surface area contributed by atoms with E-state index in [9.17, 15) is 8.42 Å². The van der Waals surface area contributed by atoms with E-state index in [-0.39, 0.29) is 15.7 Å². The molecule has 1 saturated carbocycles. The van der Waals surface area contributed by atoms with Gasteiger partial charge in [0.15, 0.2) is 4.60 Å². The molecule has 1 fully saturated rings. The first-order chi connectivity index (χ1) is 7.44. The summed E-state index contributed by atoms with van der Waals surface area (Å²) >= 11 is 3.11. The summed E-state index contributed by atoms with van der Waals surface area (Å²) in [5, 5.41) is 7.49. The van der Waals surface area contributed by atoms with Crippen LogP contribution in [-0.2, 0) is 17.1 Å². The summed E-state index contributed by atoms with van der Waals surface area (Å²) < 4.78 is 27.5. The second-order valence-corrected chi connectivity index (χ2v) is 6.58. The third-order valence-electron chi connectivity index (χ3n) is 2.95. The van der Waals surface area contributed by atoms with Crippen molar-refractivity contribution in [2.24, 2.45) is 7.05 Å². The summed E-state index contributed by atoms with van der Waals surface area (Å²) in [6, 6.07) is 0.117. The molecule has 0 bridgehead atoms. The van der Waals surface area contributed by atoms with Gasteiger partial charge < -0.3 is 0 Å². The van der Waals surface area contributed by atoms with Gasteiger partial charge in [-0.05, 0) is 28.8 Å². The fraction of sp³-hybridized carbons (Fsp3) is 0.750. The zero-order valence-corrected chi connectivity index (χ0v) is 11.5. The van der Waals surface area contributed by atoms with E-state index < -0.39 is 10.0 Å². The SMILES string of the molecule is CN(C1CCC1)S(=O)(=O)c1c(Br)nnn1C. The van der Waals surface area contributed by atoms with E-state index in [1.807, 2.05) is 0 Å². The van der Waals surface area contributed by atoms with Gasteiger partial charge in [0.2, 0.25) is 5.03 Å². The summed E-state index contributed by atoms with van der Waals surface area (Å²) in [5.41, 5.74) is 0. The van der Waals surface area contributed by atoms with Crippen LogP contribution in [0.5, 0.6) is 0 Å². The molecule has 8 heteroatoms. The molecule has 1 aliphatic carbocycles. The van der Waals surface area contributed by atoms with Crippen molar-refractivity contribution in [1.82, 2.24) is 19.3 Å². The summed E-state index contributed by atoms with van der Waals surface area (Å²) in [7, 11) is -0.314. The van der Waals surface area contributed by atoms with Gasteiger partial charge in [-0.15, -0.1) is 5.10 Å². The van der Waals surface area contributed by atoms with Gasteiger partial charge in [0.05, 0.1) is 0 Å². The molecule has 0 saturated heterocycles. The normalized spacial score (nSPS) is 17.8. The summed E-state index contributed by atoms with van der Waals surface area (Å²) in [6.07, 6.45) is 2.95. The molecule has 1 heterocycles. The van der Waals surface area contributed by atoms with Crippen molar-refractivity contribution in [2.75, 3.05) is 7.05 Å². The topological polar surface area (TPSA) is 68.1 Å². The lowest BCUT2D eigenvalue weighted by Crippen LogP contribution is -2.41. The largest absolute Gasteiger partial charge is 0.263 e. The molecular weight excluding hydrogens is 296 g/mol. The molecule has 0 radical (unpaired) electrons. The second kappa shape index (κ2) is 4.08. The summed E-state index contributed by atoms with van der Waals surface area (Å²) in [4.78, 5) is 0. The zero-order valence-electron chi connectivity index (χ0n) is 9.09. The van der Waals surface area contributed by atoms with E-state index in [4.69, 9.17) is 0 Å². The average molecular weight is 309 g/mol. The number of hydrogen-bond acceptors (Lipinski definition) is 4.